The molecule has 3 heteroatoms. The molecule has 1 aromatic rings. The zero-order chi connectivity index (χ0) is 14.2. The molecule has 1 aliphatic rings. The maximum absolute atomic E-state index is 5.60. The fraction of sp³-hybridized carbons (Fsp3) is 0.353. The van der Waals surface area contributed by atoms with Crippen molar-refractivity contribution in [1.29, 1.82) is 0 Å². The average Bonchev–Trinajstić information content (AvgIpc) is 2.99. The fourth-order valence-corrected chi connectivity index (χ4v) is 3.13. The van der Waals surface area contributed by atoms with Gasteiger partial charge in [-0.25, -0.2) is 0 Å². The zero-order valence-corrected chi connectivity index (χ0v) is 14.9. The number of benzene rings is 1. The van der Waals surface area contributed by atoms with Crippen molar-refractivity contribution >= 4 is 10.2 Å². The predicted molar refractivity (Wildman–Crippen MR) is 81.0 cm³/mol. The van der Waals surface area contributed by atoms with Gasteiger partial charge in [-0.3, -0.25) is 0 Å². The third-order valence-corrected chi connectivity index (χ3v) is 4.12. The van der Waals surface area contributed by atoms with Gasteiger partial charge in [0.05, 0.1) is 0 Å². The van der Waals surface area contributed by atoms with Crippen LogP contribution in [0.15, 0.2) is 48.2 Å². The molecule has 0 amide bonds. The van der Waals surface area contributed by atoms with Gasteiger partial charge in [-0.1, -0.05) is 0 Å². The van der Waals surface area contributed by atoms with E-state index >= 15 is 0 Å². The Morgan fingerprint density at radius 2 is 1.95 bits per heavy atom. The van der Waals surface area contributed by atoms with Crippen molar-refractivity contribution < 1.29 is 24.1 Å². The Bertz CT molecular complexity index is 487. The van der Waals surface area contributed by atoms with E-state index < -0.39 is 0 Å². The van der Waals surface area contributed by atoms with Crippen LogP contribution in [0.3, 0.4) is 0 Å². The maximum atomic E-state index is 5.60. The summed E-state index contributed by atoms with van der Waals surface area (Å²) in [6.07, 6.45) is 9.15. The number of hydrogen-bond acceptors (Lipinski definition) is 2. The third kappa shape index (κ3) is 4.85. The van der Waals surface area contributed by atoms with Gasteiger partial charge in [0.25, 0.3) is 0 Å². The van der Waals surface area contributed by atoms with Crippen molar-refractivity contribution in [2.45, 2.75) is 19.8 Å². The molecule has 1 fully saturated rings. The van der Waals surface area contributed by atoms with Crippen molar-refractivity contribution in [2.24, 2.45) is 0 Å². The summed E-state index contributed by atoms with van der Waals surface area (Å²) in [6, 6.07) is 10.4. The average molecular weight is 439 g/mol. The molecule has 20 heavy (non-hydrogen) atoms. The van der Waals surface area contributed by atoms with Gasteiger partial charge >= 0.3 is 132 Å². The molecule has 0 aliphatic carbocycles. The van der Waals surface area contributed by atoms with Crippen molar-refractivity contribution in [3.05, 3.63) is 53.7 Å². The van der Waals surface area contributed by atoms with E-state index in [1.54, 1.807) is 0 Å². The topological polar surface area (TPSA) is 12.5 Å². The first kappa shape index (κ1) is 15.4. The SMILES string of the molecule is CCO[C](=[W])/C=C(\C=C\c1ccccc1)N1CCCC1. The second-order valence-corrected chi connectivity index (χ2v) is 6.21. The van der Waals surface area contributed by atoms with Crippen LogP contribution in [0.5, 0.6) is 0 Å². The Labute approximate surface area is 132 Å². The van der Waals surface area contributed by atoms with E-state index in [1.807, 2.05) is 13.0 Å². The van der Waals surface area contributed by atoms with Gasteiger partial charge in [-0.15, -0.1) is 0 Å². The minimum absolute atomic E-state index is 0.741. The van der Waals surface area contributed by atoms with Gasteiger partial charge in [0.1, 0.15) is 0 Å². The Kier molecular flexibility index (Phi) is 6.42. The molecule has 0 unspecified atom stereocenters. The van der Waals surface area contributed by atoms with Crippen LogP contribution in [-0.4, -0.2) is 28.7 Å². The van der Waals surface area contributed by atoms with Crippen LogP contribution in [0, 0.1) is 0 Å². The molecule has 106 valence electrons. The van der Waals surface area contributed by atoms with E-state index in [0.717, 1.165) is 23.8 Å². The molecule has 1 aromatic carbocycles. The van der Waals surface area contributed by atoms with Crippen molar-refractivity contribution in [3.63, 3.8) is 0 Å². The molecule has 0 radical (unpaired) electrons. The molecule has 0 atom stereocenters. The summed E-state index contributed by atoms with van der Waals surface area (Å²) in [4.78, 5) is 2.45. The van der Waals surface area contributed by atoms with Crippen LogP contribution < -0.4 is 0 Å². The molecular formula is C17H21NOW. The Balaban J connectivity index is 2.14. The van der Waals surface area contributed by atoms with Crippen LogP contribution in [0.25, 0.3) is 6.08 Å². The number of rotatable bonds is 6. The van der Waals surface area contributed by atoms with E-state index in [0.29, 0.717) is 0 Å². The molecule has 2 nitrogen and oxygen atoms in total. The Morgan fingerprint density at radius 1 is 1.25 bits per heavy atom. The summed E-state index contributed by atoms with van der Waals surface area (Å²) in [5, 5.41) is 0. The summed E-state index contributed by atoms with van der Waals surface area (Å²) in [7, 11) is 0. The van der Waals surface area contributed by atoms with Crippen molar-refractivity contribution in [3.8, 4) is 0 Å². The van der Waals surface area contributed by atoms with E-state index in [9.17, 15) is 0 Å². The number of ether oxygens (including phenoxy) is 1. The van der Waals surface area contributed by atoms with E-state index in [1.165, 1.54) is 43.5 Å². The molecule has 1 saturated heterocycles. The summed E-state index contributed by atoms with van der Waals surface area (Å²) < 4.78 is 6.66. The van der Waals surface area contributed by atoms with Crippen molar-refractivity contribution in [2.75, 3.05) is 19.7 Å². The van der Waals surface area contributed by atoms with Gasteiger partial charge in [0.2, 0.25) is 0 Å². The molecule has 0 aromatic heterocycles. The molecule has 0 spiro atoms. The molecule has 2 rings (SSSR count). The molecule has 0 bridgehead atoms. The first-order valence-electron chi connectivity index (χ1n) is 7.16. The van der Waals surface area contributed by atoms with Gasteiger partial charge in [-0.2, -0.15) is 0 Å². The van der Waals surface area contributed by atoms with Gasteiger partial charge in [-0.05, 0) is 0 Å². The number of hydrogen-bond donors (Lipinski definition) is 0. The van der Waals surface area contributed by atoms with Crippen LogP contribution in [0.1, 0.15) is 25.3 Å². The van der Waals surface area contributed by atoms with Gasteiger partial charge < -0.3 is 0 Å². The number of nitrogens with zero attached hydrogens (tertiary/aromatic N) is 1. The Hall–Kier alpha value is -0.982. The number of likely N-dealkylation sites (tertiary alicyclic amines) is 1. The van der Waals surface area contributed by atoms with E-state index in [2.05, 4.69) is 47.4 Å². The number of allylic oxidation sites excluding steroid dienone is 1. The van der Waals surface area contributed by atoms with Crippen LogP contribution >= 0.6 is 0 Å². The first-order valence-corrected chi connectivity index (χ1v) is 8.63. The van der Waals surface area contributed by atoms with Crippen molar-refractivity contribution in [1.82, 2.24) is 4.90 Å². The second kappa shape index (κ2) is 8.34. The summed E-state index contributed by atoms with van der Waals surface area (Å²) in [6.45, 7) is 5.08. The summed E-state index contributed by atoms with van der Waals surface area (Å²) in [5.74, 6) is 0. The van der Waals surface area contributed by atoms with Crippen LogP contribution in [0.2, 0.25) is 0 Å². The zero-order valence-electron chi connectivity index (χ0n) is 11.9. The first-order chi connectivity index (χ1) is 9.79. The van der Waals surface area contributed by atoms with Gasteiger partial charge in [0.15, 0.2) is 0 Å². The quantitative estimate of drug-likeness (QED) is 0.631. The van der Waals surface area contributed by atoms with Crippen LogP contribution in [0.4, 0.5) is 0 Å². The van der Waals surface area contributed by atoms with E-state index in [-0.39, 0.29) is 0 Å². The molecular weight excluding hydrogens is 418 g/mol. The molecule has 0 saturated carbocycles. The monoisotopic (exact) mass is 439 g/mol. The normalized spacial score (nSPS) is 16.1. The second-order valence-electron chi connectivity index (χ2n) is 4.76. The third-order valence-electron chi connectivity index (χ3n) is 3.27. The van der Waals surface area contributed by atoms with Crippen LogP contribution in [-0.2, 0) is 24.1 Å². The predicted octanol–water partition coefficient (Wildman–Crippen LogP) is 3.39. The molecule has 0 N–H and O–H groups in total. The summed E-state index contributed by atoms with van der Waals surface area (Å²) in [5.41, 5.74) is 2.50. The fourth-order valence-electron chi connectivity index (χ4n) is 2.27. The molecule has 1 aliphatic heterocycles. The Morgan fingerprint density at radius 3 is 2.60 bits per heavy atom. The van der Waals surface area contributed by atoms with Gasteiger partial charge in [0, 0.05) is 0 Å². The minimum atomic E-state index is 0.741. The van der Waals surface area contributed by atoms with E-state index in [4.69, 9.17) is 4.74 Å². The standard InChI is InChI=1S/C17H21NO.W/c1-2-19-15-12-17(18-13-6-7-14-18)11-10-16-8-4-3-5-9-16;/h3-5,8-12H,2,6-7,13-14H2,1H3;/b11-10+,17-12+;. The molecule has 1 heterocycles. The summed E-state index contributed by atoms with van der Waals surface area (Å²) >= 11 is 1.38.